The van der Waals surface area contributed by atoms with Gasteiger partial charge in [0.15, 0.2) is 0 Å². The van der Waals surface area contributed by atoms with E-state index in [-0.39, 0.29) is 11.1 Å². The van der Waals surface area contributed by atoms with Crippen LogP contribution in [0.4, 0.5) is 0 Å². The topological polar surface area (TPSA) is 18.5 Å². The third-order valence-electron chi connectivity index (χ3n) is 1.45. The smallest absolute Gasteiger partial charge is 0.376 e. The molecule has 1 radical (unpaired) electrons. The van der Waals surface area contributed by atoms with Crippen molar-refractivity contribution >= 4 is 32.5 Å². The van der Waals surface area contributed by atoms with Gasteiger partial charge in [0.1, 0.15) is 11.1 Å². The van der Waals surface area contributed by atoms with Crippen LogP contribution in [0.15, 0.2) is 0 Å². The van der Waals surface area contributed by atoms with Crippen LogP contribution in [0, 0.1) is 0 Å². The maximum Gasteiger partial charge on any atom is 0.386 e. The predicted octanol–water partition coefficient (Wildman–Crippen LogP) is 3.48. The Morgan fingerprint density at radius 2 is 1.38 bits per heavy atom. The molecule has 0 bridgehead atoms. The van der Waals surface area contributed by atoms with E-state index in [9.17, 15) is 0 Å². The van der Waals surface area contributed by atoms with E-state index in [1.807, 2.05) is 20.8 Å². The maximum atomic E-state index is 5.85. The number of hydrogen-bond donors (Lipinski definition) is 0. The molecule has 0 aromatic rings. The van der Waals surface area contributed by atoms with Gasteiger partial charge in [-0.15, -0.1) is 0 Å². The number of hydrogen-bond acceptors (Lipinski definition) is 2. The largest absolute Gasteiger partial charge is 0.386 e. The fourth-order valence-corrected chi connectivity index (χ4v) is 2.54. The van der Waals surface area contributed by atoms with Gasteiger partial charge in [-0.25, -0.2) is 0 Å². The molecule has 0 fully saturated rings. The normalized spacial score (nSPS) is 16.2. The number of rotatable bonds is 7. The van der Waals surface area contributed by atoms with Gasteiger partial charge >= 0.3 is 9.28 Å². The van der Waals surface area contributed by atoms with Gasteiger partial charge in [0.05, 0.1) is 0 Å². The molecule has 5 heteroatoms. The van der Waals surface area contributed by atoms with Crippen molar-refractivity contribution < 1.29 is 8.85 Å². The Hall–Kier alpha value is 0.717. The van der Waals surface area contributed by atoms with Gasteiger partial charge in [-0.1, -0.05) is 44.0 Å². The highest BCUT2D eigenvalue weighted by atomic mass is 35.5. The van der Waals surface area contributed by atoms with E-state index in [4.69, 9.17) is 32.1 Å². The van der Waals surface area contributed by atoms with Gasteiger partial charge in [0, 0.05) is 0 Å². The highest BCUT2D eigenvalue weighted by molar-refractivity contribution is 6.46. The van der Waals surface area contributed by atoms with Crippen LogP contribution in [0.3, 0.4) is 0 Å². The molecule has 2 atom stereocenters. The molecule has 0 aromatic carbocycles. The Morgan fingerprint density at radius 3 is 1.62 bits per heavy atom. The van der Waals surface area contributed by atoms with Crippen LogP contribution in [-0.2, 0) is 8.85 Å². The van der Waals surface area contributed by atoms with E-state index < -0.39 is 9.28 Å². The second-order valence-corrected chi connectivity index (χ2v) is 5.49. The molecule has 0 saturated carbocycles. The van der Waals surface area contributed by atoms with Crippen molar-refractivity contribution in [1.29, 1.82) is 0 Å². The van der Waals surface area contributed by atoms with E-state index in [2.05, 4.69) is 0 Å². The summed E-state index contributed by atoms with van der Waals surface area (Å²) in [4.78, 5) is 0. The molecule has 13 heavy (non-hydrogen) atoms. The minimum atomic E-state index is -1.27. The van der Waals surface area contributed by atoms with Crippen LogP contribution in [0.2, 0.25) is 6.04 Å². The Balaban J connectivity index is 3.74. The van der Waals surface area contributed by atoms with Gasteiger partial charge in [-0.3, -0.25) is 0 Å². The first kappa shape index (κ1) is 13.7. The molecule has 2 unspecified atom stereocenters. The van der Waals surface area contributed by atoms with Crippen LogP contribution in [0.5, 0.6) is 0 Å². The van der Waals surface area contributed by atoms with Crippen molar-refractivity contribution in [1.82, 2.24) is 0 Å². The fraction of sp³-hybridized carbons (Fsp3) is 1.00. The van der Waals surface area contributed by atoms with Gasteiger partial charge < -0.3 is 8.85 Å². The summed E-state index contributed by atoms with van der Waals surface area (Å²) in [7, 11) is -1.27. The quantitative estimate of drug-likeness (QED) is 0.504. The van der Waals surface area contributed by atoms with E-state index in [0.29, 0.717) is 0 Å². The third-order valence-corrected chi connectivity index (χ3v) is 4.22. The lowest BCUT2D eigenvalue weighted by molar-refractivity contribution is 0.161. The van der Waals surface area contributed by atoms with E-state index in [1.54, 1.807) is 0 Å². The molecule has 0 amide bonds. The van der Waals surface area contributed by atoms with E-state index >= 15 is 0 Å². The molecule has 0 aliphatic carbocycles. The zero-order valence-corrected chi connectivity index (χ0v) is 10.9. The van der Waals surface area contributed by atoms with Crippen LogP contribution < -0.4 is 0 Å². The molecular weight excluding hydrogens is 227 g/mol. The minimum absolute atomic E-state index is 0.241. The zero-order valence-electron chi connectivity index (χ0n) is 8.35. The van der Waals surface area contributed by atoms with Crippen molar-refractivity contribution in [2.75, 3.05) is 0 Å². The monoisotopic (exact) mass is 243 g/mol. The molecule has 0 N–H and O–H groups in total. The Kier molecular flexibility index (Phi) is 8.51. The summed E-state index contributed by atoms with van der Waals surface area (Å²) in [6, 6.07) is 0.858. The average molecular weight is 244 g/mol. The molecule has 0 aromatic heterocycles. The first-order chi connectivity index (χ1) is 6.13. The van der Waals surface area contributed by atoms with Gasteiger partial charge in [-0.05, 0) is 18.9 Å². The van der Waals surface area contributed by atoms with Gasteiger partial charge in [-0.2, -0.15) is 0 Å². The lowest BCUT2D eigenvalue weighted by Crippen LogP contribution is -2.28. The highest BCUT2D eigenvalue weighted by Gasteiger charge is 2.20. The summed E-state index contributed by atoms with van der Waals surface area (Å²) in [5.41, 5.74) is -0.482. The Bertz CT molecular complexity index is 115. The van der Waals surface area contributed by atoms with Crippen molar-refractivity contribution in [3.05, 3.63) is 0 Å². The summed E-state index contributed by atoms with van der Waals surface area (Å²) in [5, 5.41) is 0. The highest BCUT2D eigenvalue weighted by Crippen LogP contribution is 2.13. The molecule has 0 aliphatic heterocycles. The summed E-state index contributed by atoms with van der Waals surface area (Å²) in [6.07, 6.45) is 1.58. The third kappa shape index (κ3) is 6.74. The second kappa shape index (κ2) is 8.06. The van der Waals surface area contributed by atoms with Crippen molar-refractivity contribution in [2.45, 2.75) is 50.8 Å². The van der Waals surface area contributed by atoms with E-state index in [1.165, 1.54) is 0 Å². The molecule has 0 saturated heterocycles. The van der Waals surface area contributed by atoms with Crippen LogP contribution >= 0.6 is 23.2 Å². The molecule has 79 valence electrons. The maximum absolute atomic E-state index is 5.85. The first-order valence-electron chi connectivity index (χ1n) is 4.61. The van der Waals surface area contributed by atoms with Gasteiger partial charge in [0.25, 0.3) is 0 Å². The zero-order chi connectivity index (χ0) is 10.3. The predicted molar refractivity (Wildman–Crippen MR) is 58.3 cm³/mol. The standard InChI is InChI=1S/C8H17Cl2O2Si/c1-4-7(9)11-13(6-3)12-8(10)5-2/h7-8H,4-6H2,1-3H3. The van der Waals surface area contributed by atoms with Crippen LogP contribution in [0.1, 0.15) is 33.6 Å². The van der Waals surface area contributed by atoms with Crippen LogP contribution in [0.25, 0.3) is 0 Å². The van der Waals surface area contributed by atoms with Gasteiger partial charge in [0.2, 0.25) is 0 Å². The van der Waals surface area contributed by atoms with Crippen molar-refractivity contribution in [3.8, 4) is 0 Å². The summed E-state index contributed by atoms with van der Waals surface area (Å²) in [6.45, 7) is 5.97. The second-order valence-electron chi connectivity index (χ2n) is 2.60. The average Bonchev–Trinajstić information content (AvgIpc) is 2.16. The summed E-state index contributed by atoms with van der Waals surface area (Å²) >= 11 is 11.7. The molecule has 2 nitrogen and oxygen atoms in total. The van der Waals surface area contributed by atoms with Crippen molar-refractivity contribution in [2.24, 2.45) is 0 Å². The SMILES string of the molecule is CCC(Cl)O[Si](CC)OC(Cl)CC. The molecule has 0 rings (SSSR count). The number of alkyl halides is 2. The molecule has 0 spiro atoms. The Labute approximate surface area is 92.4 Å². The number of halogens is 2. The fourth-order valence-electron chi connectivity index (χ4n) is 0.646. The molecular formula is C8H17Cl2O2Si. The summed E-state index contributed by atoms with van der Waals surface area (Å²) in [5.74, 6) is 0. The van der Waals surface area contributed by atoms with E-state index in [0.717, 1.165) is 18.9 Å². The lowest BCUT2D eigenvalue weighted by Gasteiger charge is -2.19. The van der Waals surface area contributed by atoms with Crippen molar-refractivity contribution in [3.63, 3.8) is 0 Å². The minimum Gasteiger partial charge on any atom is -0.376 e. The molecule has 0 aliphatic rings. The summed E-state index contributed by atoms with van der Waals surface area (Å²) < 4.78 is 11.0. The first-order valence-corrected chi connectivity index (χ1v) is 7.00. The lowest BCUT2D eigenvalue weighted by atomic mass is 10.5. The molecule has 0 heterocycles. The van der Waals surface area contributed by atoms with Crippen LogP contribution in [-0.4, -0.2) is 20.4 Å². The Morgan fingerprint density at radius 1 is 1.00 bits per heavy atom.